The lowest BCUT2D eigenvalue weighted by Gasteiger charge is -2.30. The molecule has 0 bridgehead atoms. The van der Waals surface area contributed by atoms with Crippen LogP contribution < -0.4 is 0 Å². The van der Waals surface area contributed by atoms with Gasteiger partial charge in [-0.1, -0.05) is 12.1 Å². The molecule has 108 valence electrons. The summed E-state index contributed by atoms with van der Waals surface area (Å²) in [4.78, 5) is 33.9. The number of likely N-dealkylation sites (tertiary alicyclic amines) is 1. The predicted octanol–water partition coefficient (Wildman–Crippen LogP) is 1.71. The minimum Gasteiger partial charge on any atom is -0.480 e. The zero-order valence-electron chi connectivity index (χ0n) is 11.6. The average Bonchev–Trinajstić information content (AvgIpc) is 2.89. The summed E-state index contributed by atoms with van der Waals surface area (Å²) < 4.78 is 0. The summed E-state index contributed by atoms with van der Waals surface area (Å²) >= 11 is 0. The van der Waals surface area contributed by atoms with Crippen LogP contribution in [0.15, 0.2) is 30.5 Å². The Labute approximate surface area is 121 Å². The number of aromatic nitrogens is 2. The number of para-hydroxylation sites is 2. The monoisotopic (exact) mass is 285 g/mol. The highest BCUT2D eigenvalue weighted by Gasteiger charge is 2.46. The molecule has 1 fully saturated rings. The zero-order chi connectivity index (χ0) is 15.0. The third-order valence-corrected chi connectivity index (χ3v) is 4.01. The fourth-order valence-corrected chi connectivity index (χ4v) is 2.71. The summed E-state index contributed by atoms with van der Waals surface area (Å²) in [5.74, 6) is -1.36. The second kappa shape index (κ2) is 4.80. The van der Waals surface area contributed by atoms with Gasteiger partial charge in [-0.2, -0.15) is 0 Å². The number of aliphatic carboxylic acids is 1. The van der Waals surface area contributed by atoms with Gasteiger partial charge in [0.2, 0.25) is 0 Å². The Morgan fingerprint density at radius 2 is 2.00 bits per heavy atom. The van der Waals surface area contributed by atoms with Gasteiger partial charge in [0.05, 0.1) is 17.2 Å². The number of carboxylic acid groups (broad SMARTS) is 1. The summed E-state index contributed by atoms with van der Waals surface area (Å²) in [5, 5.41) is 9.38. The van der Waals surface area contributed by atoms with E-state index in [2.05, 4.69) is 9.97 Å². The third-order valence-electron chi connectivity index (χ3n) is 4.01. The molecule has 1 atom stereocenters. The van der Waals surface area contributed by atoms with Crippen LogP contribution >= 0.6 is 0 Å². The standard InChI is InChI=1S/C15H15N3O3/c1-15(14(20)21)7-4-8-18(15)13(19)12-9-16-10-5-2-3-6-11(10)17-12/h2-3,5-6,9H,4,7-8H2,1H3,(H,20,21). The summed E-state index contributed by atoms with van der Waals surface area (Å²) in [6.45, 7) is 2.00. The van der Waals surface area contributed by atoms with E-state index in [1.54, 1.807) is 13.0 Å². The molecule has 2 heterocycles. The molecule has 0 radical (unpaired) electrons. The number of fused-ring (bicyclic) bond motifs is 1. The van der Waals surface area contributed by atoms with Crippen LogP contribution in [-0.4, -0.2) is 43.9 Å². The quantitative estimate of drug-likeness (QED) is 0.908. The lowest BCUT2D eigenvalue weighted by atomic mass is 9.99. The zero-order valence-corrected chi connectivity index (χ0v) is 11.6. The predicted molar refractivity (Wildman–Crippen MR) is 75.8 cm³/mol. The molecule has 0 aliphatic carbocycles. The van der Waals surface area contributed by atoms with E-state index < -0.39 is 11.5 Å². The summed E-state index contributed by atoms with van der Waals surface area (Å²) in [6.07, 6.45) is 2.54. The van der Waals surface area contributed by atoms with Gasteiger partial charge in [0.1, 0.15) is 11.2 Å². The maximum atomic E-state index is 12.6. The molecule has 6 nitrogen and oxygen atoms in total. The number of benzene rings is 1. The number of carbonyl (C=O) groups excluding carboxylic acids is 1. The number of hydrogen-bond acceptors (Lipinski definition) is 4. The van der Waals surface area contributed by atoms with Crippen molar-refractivity contribution in [2.75, 3.05) is 6.54 Å². The number of carboxylic acids is 1. The van der Waals surface area contributed by atoms with Crippen molar-refractivity contribution in [2.24, 2.45) is 0 Å². The van der Waals surface area contributed by atoms with Crippen molar-refractivity contribution in [3.63, 3.8) is 0 Å². The van der Waals surface area contributed by atoms with Gasteiger partial charge in [0.25, 0.3) is 5.91 Å². The van der Waals surface area contributed by atoms with Crippen LogP contribution in [0, 0.1) is 0 Å². The highest BCUT2D eigenvalue weighted by Crippen LogP contribution is 2.30. The molecule has 1 aliphatic heterocycles. The molecule has 6 heteroatoms. The van der Waals surface area contributed by atoms with Gasteiger partial charge < -0.3 is 10.0 Å². The van der Waals surface area contributed by atoms with Crippen molar-refractivity contribution >= 4 is 22.9 Å². The summed E-state index contributed by atoms with van der Waals surface area (Å²) in [5.41, 5.74) is 0.351. The molecule has 0 spiro atoms. The smallest absolute Gasteiger partial charge is 0.329 e. The molecule has 1 unspecified atom stereocenters. The largest absolute Gasteiger partial charge is 0.480 e. The van der Waals surface area contributed by atoms with E-state index in [4.69, 9.17) is 0 Å². The molecule has 1 N–H and O–H groups in total. The Balaban J connectivity index is 1.98. The van der Waals surface area contributed by atoms with Crippen LogP contribution in [0.3, 0.4) is 0 Å². The van der Waals surface area contributed by atoms with E-state index in [0.29, 0.717) is 30.4 Å². The van der Waals surface area contributed by atoms with Crippen molar-refractivity contribution < 1.29 is 14.7 Å². The lowest BCUT2D eigenvalue weighted by molar-refractivity contribution is -0.147. The van der Waals surface area contributed by atoms with Crippen LogP contribution in [-0.2, 0) is 4.79 Å². The van der Waals surface area contributed by atoms with Gasteiger partial charge in [-0.3, -0.25) is 9.78 Å². The van der Waals surface area contributed by atoms with Crippen molar-refractivity contribution in [1.29, 1.82) is 0 Å². The molecule has 1 aromatic heterocycles. The first-order chi connectivity index (χ1) is 10.0. The van der Waals surface area contributed by atoms with Crippen molar-refractivity contribution in [2.45, 2.75) is 25.3 Å². The first kappa shape index (κ1) is 13.5. The second-order valence-electron chi connectivity index (χ2n) is 5.38. The van der Waals surface area contributed by atoms with Crippen LogP contribution in [0.5, 0.6) is 0 Å². The highest BCUT2D eigenvalue weighted by atomic mass is 16.4. The van der Waals surface area contributed by atoms with E-state index in [1.807, 2.05) is 18.2 Å². The van der Waals surface area contributed by atoms with Crippen LogP contribution in [0.25, 0.3) is 11.0 Å². The molecular formula is C15H15N3O3. The maximum Gasteiger partial charge on any atom is 0.329 e. The second-order valence-corrected chi connectivity index (χ2v) is 5.38. The third kappa shape index (κ3) is 2.12. The number of carbonyl (C=O) groups is 2. The molecule has 1 amide bonds. The molecule has 0 saturated carbocycles. The summed E-state index contributed by atoms with van der Waals surface area (Å²) in [6, 6.07) is 7.26. The molecular weight excluding hydrogens is 270 g/mol. The van der Waals surface area contributed by atoms with E-state index >= 15 is 0 Å². The normalized spacial score (nSPS) is 21.7. The van der Waals surface area contributed by atoms with Gasteiger partial charge in [0, 0.05) is 6.54 Å². The lowest BCUT2D eigenvalue weighted by Crippen LogP contribution is -2.51. The minimum absolute atomic E-state index is 0.183. The maximum absolute atomic E-state index is 12.6. The van der Waals surface area contributed by atoms with Crippen molar-refractivity contribution in [3.8, 4) is 0 Å². The molecule has 21 heavy (non-hydrogen) atoms. The Kier molecular flexibility index (Phi) is 3.08. The van der Waals surface area contributed by atoms with Crippen LogP contribution in [0.1, 0.15) is 30.3 Å². The Hall–Kier alpha value is -2.50. The Morgan fingerprint density at radius 1 is 1.29 bits per heavy atom. The number of nitrogens with zero attached hydrogens (tertiary/aromatic N) is 3. The molecule has 2 aromatic rings. The van der Waals surface area contributed by atoms with Crippen molar-refractivity contribution in [1.82, 2.24) is 14.9 Å². The molecule has 1 aliphatic rings. The first-order valence-electron chi connectivity index (χ1n) is 6.79. The minimum atomic E-state index is -1.16. The van der Waals surface area contributed by atoms with Gasteiger partial charge in [-0.15, -0.1) is 0 Å². The van der Waals surface area contributed by atoms with Gasteiger partial charge in [-0.05, 0) is 31.9 Å². The van der Waals surface area contributed by atoms with E-state index in [1.165, 1.54) is 11.1 Å². The van der Waals surface area contributed by atoms with Crippen molar-refractivity contribution in [3.05, 3.63) is 36.2 Å². The molecule has 1 saturated heterocycles. The molecule has 3 rings (SSSR count). The topological polar surface area (TPSA) is 83.4 Å². The summed E-state index contributed by atoms with van der Waals surface area (Å²) in [7, 11) is 0. The number of amides is 1. The van der Waals surface area contributed by atoms with Crippen LogP contribution in [0.2, 0.25) is 0 Å². The highest BCUT2D eigenvalue weighted by molar-refractivity contribution is 5.97. The Morgan fingerprint density at radius 3 is 2.71 bits per heavy atom. The Bertz CT molecular complexity index is 731. The SMILES string of the molecule is CC1(C(=O)O)CCCN1C(=O)c1cnc2ccccc2n1. The number of hydrogen-bond donors (Lipinski definition) is 1. The van der Waals surface area contributed by atoms with Gasteiger partial charge in [0.15, 0.2) is 0 Å². The first-order valence-corrected chi connectivity index (χ1v) is 6.79. The van der Waals surface area contributed by atoms with Gasteiger partial charge in [-0.25, -0.2) is 9.78 Å². The van der Waals surface area contributed by atoms with E-state index in [0.717, 1.165) is 0 Å². The van der Waals surface area contributed by atoms with E-state index in [9.17, 15) is 14.7 Å². The molecule has 1 aromatic carbocycles. The fourth-order valence-electron chi connectivity index (χ4n) is 2.71. The number of rotatable bonds is 2. The van der Waals surface area contributed by atoms with E-state index in [-0.39, 0.29) is 11.6 Å². The van der Waals surface area contributed by atoms with Crippen LogP contribution in [0.4, 0.5) is 0 Å². The van der Waals surface area contributed by atoms with Gasteiger partial charge >= 0.3 is 5.97 Å². The average molecular weight is 285 g/mol. The fraction of sp³-hybridized carbons (Fsp3) is 0.333.